The Hall–Kier alpha value is -2.82. The zero-order valence-electron chi connectivity index (χ0n) is 12.6. The van der Waals surface area contributed by atoms with Crippen molar-refractivity contribution < 1.29 is 14.3 Å². The van der Waals surface area contributed by atoms with E-state index in [1.807, 2.05) is 25.1 Å². The highest BCUT2D eigenvalue weighted by Gasteiger charge is 2.25. The quantitative estimate of drug-likeness (QED) is 0.885. The first kappa shape index (κ1) is 14.1. The van der Waals surface area contributed by atoms with Crippen LogP contribution in [0.15, 0.2) is 30.5 Å². The molecular weight excluding hydrogens is 280 g/mol. The summed E-state index contributed by atoms with van der Waals surface area (Å²) in [5.41, 5.74) is 3.66. The monoisotopic (exact) mass is 296 g/mol. The van der Waals surface area contributed by atoms with E-state index in [1.165, 1.54) is 0 Å². The van der Waals surface area contributed by atoms with Crippen LogP contribution in [-0.2, 0) is 4.79 Å². The molecule has 0 bridgehead atoms. The van der Waals surface area contributed by atoms with Gasteiger partial charge in [-0.3, -0.25) is 9.78 Å². The van der Waals surface area contributed by atoms with E-state index in [4.69, 9.17) is 9.47 Å². The van der Waals surface area contributed by atoms with Crippen LogP contribution in [0.5, 0.6) is 11.5 Å². The van der Waals surface area contributed by atoms with Gasteiger partial charge < -0.3 is 14.8 Å². The summed E-state index contributed by atoms with van der Waals surface area (Å²) in [5.74, 6) is 1.27. The summed E-state index contributed by atoms with van der Waals surface area (Å²) >= 11 is 0. The lowest BCUT2D eigenvalue weighted by atomic mass is 10.1. The molecule has 5 nitrogen and oxygen atoms in total. The molecular formula is C17H16N2O3. The molecule has 1 aliphatic rings. The van der Waals surface area contributed by atoms with Gasteiger partial charge in [0, 0.05) is 11.8 Å². The van der Waals surface area contributed by atoms with Crippen LogP contribution in [0.4, 0.5) is 5.69 Å². The highest BCUT2D eigenvalue weighted by Crippen LogP contribution is 2.34. The number of pyridine rings is 1. The Morgan fingerprint density at radius 2 is 1.86 bits per heavy atom. The van der Waals surface area contributed by atoms with Gasteiger partial charge in [0.05, 0.1) is 31.2 Å². The Labute approximate surface area is 128 Å². The number of amides is 1. The molecule has 1 aromatic carbocycles. The van der Waals surface area contributed by atoms with E-state index >= 15 is 0 Å². The Kier molecular flexibility index (Phi) is 3.55. The smallest absolute Gasteiger partial charge is 0.258 e. The van der Waals surface area contributed by atoms with Crippen molar-refractivity contribution in [2.45, 2.75) is 6.92 Å². The number of carbonyl (C=O) groups excluding carboxylic acids is 1. The average Bonchev–Trinajstić information content (AvgIpc) is 2.84. The van der Waals surface area contributed by atoms with Crippen LogP contribution < -0.4 is 14.8 Å². The second-order valence-electron chi connectivity index (χ2n) is 4.96. The summed E-state index contributed by atoms with van der Waals surface area (Å²) in [6.07, 6.45) is 3.46. The summed E-state index contributed by atoms with van der Waals surface area (Å²) in [6, 6.07) is 7.37. The third-order valence-corrected chi connectivity index (χ3v) is 3.64. The van der Waals surface area contributed by atoms with Crippen LogP contribution in [0.2, 0.25) is 0 Å². The second kappa shape index (κ2) is 5.52. The lowest BCUT2D eigenvalue weighted by molar-refractivity contribution is -0.110. The maximum atomic E-state index is 12.1. The van der Waals surface area contributed by atoms with Gasteiger partial charge in [-0.05, 0) is 42.8 Å². The topological polar surface area (TPSA) is 60.5 Å². The van der Waals surface area contributed by atoms with E-state index in [0.29, 0.717) is 22.8 Å². The van der Waals surface area contributed by atoms with Crippen molar-refractivity contribution >= 4 is 23.2 Å². The predicted octanol–water partition coefficient (Wildman–Crippen LogP) is 2.90. The molecule has 0 radical (unpaired) electrons. The first-order valence-electron chi connectivity index (χ1n) is 6.85. The van der Waals surface area contributed by atoms with Crippen LogP contribution >= 0.6 is 0 Å². The Morgan fingerprint density at radius 1 is 1.18 bits per heavy atom. The van der Waals surface area contributed by atoms with E-state index in [9.17, 15) is 4.79 Å². The summed E-state index contributed by atoms with van der Waals surface area (Å²) in [4.78, 5) is 16.4. The molecule has 0 aliphatic carbocycles. The standard InChI is InChI=1S/C17H16N2O3/c1-10-14(21-2)8-11(9-15(10)22-3)7-12-16-13(19-17(12)20)5-4-6-18-16/h4-9H,1-3H3,(H,19,20). The van der Waals surface area contributed by atoms with Gasteiger partial charge in [0.15, 0.2) is 0 Å². The molecule has 0 atom stereocenters. The number of nitrogens with one attached hydrogen (secondary N) is 1. The van der Waals surface area contributed by atoms with Gasteiger partial charge in [-0.15, -0.1) is 0 Å². The lowest BCUT2D eigenvalue weighted by Gasteiger charge is -2.11. The molecule has 1 amide bonds. The number of fused-ring (bicyclic) bond motifs is 1. The summed E-state index contributed by atoms with van der Waals surface area (Å²) in [7, 11) is 3.22. The van der Waals surface area contributed by atoms with Crippen molar-refractivity contribution in [3.05, 3.63) is 47.3 Å². The number of rotatable bonds is 3. The number of ether oxygens (including phenoxy) is 2. The zero-order valence-corrected chi connectivity index (χ0v) is 12.6. The molecule has 0 spiro atoms. The Balaban J connectivity index is 2.11. The summed E-state index contributed by atoms with van der Waals surface area (Å²) < 4.78 is 10.7. The third-order valence-electron chi connectivity index (χ3n) is 3.64. The zero-order chi connectivity index (χ0) is 15.7. The summed E-state index contributed by atoms with van der Waals surface area (Å²) in [5, 5.41) is 2.80. The molecule has 1 aromatic heterocycles. The highest BCUT2D eigenvalue weighted by molar-refractivity contribution is 6.34. The summed E-state index contributed by atoms with van der Waals surface area (Å²) in [6.45, 7) is 1.92. The number of nitrogens with zero attached hydrogens (tertiary/aromatic N) is 1. The normalized spacial score (nSPS) is 14.7. The molecule has 0 saturated heterocycles. The molecule has 1 N–H and O–H groups in total. The van der Waals surface area contributed by atoms with Crippen LogP contribution in [0.25, 0.3) is 11.6 Å². The van der Waals surface area contributed by atoms with Crippen molar-refractivity contribution in [1.82, 2.24) is 4.98 Å². The third kappa shape index (κ3) is 2.30. The minimum absolute atomic E-state index is 0.160. The molecule has 0 unspecified atom stereocenters. The van der Waals surface area contributed by atoms with Crippen molar-refractivity contribution in [2.75, 3.05) is 19.5 Å². The molecule has 3 rings (SSSR count). The lowest BCUT2D eigenvalue weighted by Crippen LogP contribution is -2.03. The Morgan fingerprint density at radius 3 is 2.50 bits per heavy atom. The van der Waals surface area contributed by atoms with E-state index in [0.717, 1.165) is 16.8 Å². The van der Waals surface area contributed by atoms with Crippen molar-refractivity contribution in [3.63, 3.8) is 0 Å². The van der Waals surface area contributed by atoms with E-state index in [2.05, 4.69) is 10.3 Å². The number of carbonyl (C=O) groups is 1. The fourth-order valence-electron chi connectivity index (χ4n) is 2.51. The Bertz CT molecular complexity index is 756. The van der Waals surface area contributed by atoms with E-state index in [1.54, 1.807) is 32.6 Å². The maximum Gasteiger partial charge on any atom is 0.258 e. The molecule has 0 saturated carbocycles. The molecule has 2 aromatic rings. The van der Waals surface area contributed by atoms with Gasteiger partial charge >= 0.3 is 0 Å². The van der Waals surface area contributed by atoms with Crippen LogP contribution in [0, 0.1) is 6.92 Å². The van der Waals surface area contributed by atoms with Crippen LogP contribution in [0.1, 0.15) is 16.8 Å². The van der Waals surface area contributed by atoms with Crippen molar-refractivity contribution in [1.29, 1.82) is 0 Å². The SMILES string of the molecule is COc1cc(C=C2C(=O)Nc3cccnc32)cc(OC)c1C. The molecule has 0 fully saturated rings. The van der Waals surface area contributed by atoms with E-state index in [-0.39, 0.29) is 5.91 Å². The number of anilines is 1. The van der Waals surface area contributed by atoms with Gasteiger partial charge in [-0.25, -0.2) is 0 Å². The van der Waals surface area contributed by atoms with Gasteiger partial charge in [-0.2, -0.15) is 0 Å². The maximum absolute atomic E-state index is 12.1. The molecule has 1 aliphatic heterocycles. The minimum Gasteiger partial charge on any atom is -0.496 e. The van der Waals surface area contributed by atoms with Gasteiger partial charge in [0.2, 0.25) is 0 Å². The average molecular weight is 296 g/mol. The van der Waals surface area contributed by atoms with Crippen molar-refractivity contribution in [3.8, 4) is 11.5 Å². The molecule has 2 heterocycles. The highest BCUT2D eigenvalue weighted by atomic mass is 16.5. The number of hydrogen-bond acceptors (Lipinski definition) is 4. The predicted molar refractivity (Wildman–Crippen MR) is 85.0 cm³/mol. The van der Waals surface area contributed by atoms with Gasteiger partial charge in [0.1, 0.15) is 11.5 Å². The number of benzene rings is 1. The molecule has 5 heteroatoms. The second-order valence-corrected chi connectivity index (χ2v) is 4.96. The molecule has 22 heavy (non-hydrogen) atoms. The number of aromatic nitrogens is 1. The fourth-order valence-corrected chi connectivity index (χ4v) is 2.51. The number of methoxy groups -OCH3 is 2. The van der Waals surface area contributed by atoms with Gasteiger partial charge in [-0.1, -0.05) is 0 Å². The van der Waals surface area contributed by atoms with E-state index < -0.39 is 0 Å². The number of hydrogen-bond donors (Lipinski definition) is 1. The molecule has 112 valence electrons. The van der Waals surface area contributed by atoms with Crippen molar-refractivity contribution in [2.24, 2.45) is 0 Å². The van der Waals surface area contributed by atoms with Crippen LogP contribution in [0.3, 0.4) is 0 Å². The minimum atomic E-state index is -0.160. The van der Waals surface area contributed by atoms with Crippen LogP contribution in [-0.4, -0.2) is 25.1 Å². The largest absolute Gasteiger partial charge is 0.496 e. The fraction of sp³-hybridized carbons (Fsp3) is 0.176. The van der Waals surface area contributed by atoms with Gasteiger partial charge in [0.25, 0.3) is 5.91 Å². The first-order chi connectivity index (χ1) is 10.6. The first-order valence-corrected chi connectivity index (χ1v) is 6.85.